The summed E-state index contributed by atoms with van der Waals surface area (Å²) >= 11 is 0. The molecule has 88 valence electrons. The van der Waals surface area contributed by atoms with Crippen LogP contribution < -0.4 is 11.3 Å². The van der Waals surface area contributed by atoms with Gasteiger partial charge in [0.15, 0.2) is 0 Å². The van der Waals surface area contributed by atoms with Gasteiger partial charge >= 0.3 is 0 Å². The highest BCUT2D eigenvalue weighted by Crippen LogP contribution is 2.24. The Morgan fingerprint density at radius 2 is 2.25 bits per heavy atom. The van der Waals surface area contributed by atoms with Crippen molar-refractivity contribution in [1.82, 2.24) is 14.9 Å². The number of nitrogens with one attached hydrogen (secondary N) is 1. The van der Waals surface area contributed by atoms with Crippen molar-refractivity contribution in [2.24, 2.45) is 5.84 Å². The number of nitrogen functional groups attached to an aromatic ring is 1. The fraction of sp³-hybridized carbons (Fsp3) is 0.636. The van der Waals surface area contributed by atoms with Crippen LogP contribution >= 0.6 is 0 Å². The average molecular weight is 221 g/mol. The standard InChI is InChI=1S/C11H19N5/c1-8-6-10(15-12)14-11(13-8)7-16(2)9-4-3-5-9/h6,9H,3-5,7,12H2,1-2H3,(H,13,14,15). The minimum Gasteiger partial charge on any atom is -0.308 e. The Labute approximate surface area is 96.0 Å². The van der Waals surface area contributed by atoms with Gasteiger partial charge in [0.05, 0.1) is 6.54 Å². The molecule has 1 heterocycles. The molecule has 1 saturated carbocycles. The van der Waals surface area contributed by atoms with Crippen LogP contribution in [0.15, 0.2) is 6.07 Å². The predicted octanol–water partition coefficient (Wildman–Crippen LogP) is 1.05. The van der Waals surface area contributed by atoms with E-state index in [0.717, 1.165) is 18.1 Å². The van der Waals surface area contributed by atoms with Crippen LogP contribution in [-0.4, -0.2) is 28.0 Å². The summed E-state index contributed by atoms with van der Waals surface area (Å²) in [4.78, 5) is 11.1. The van der Waals surface area contributed by atoms with Crippen LogP contribution in [0.1, 0.15) is 30.8 Å². The number of aromatic nitrogens is 2. The summed E-state index contributed by atoms with van der Waals surface area (Å²) in [7, 11) is 2.13. The maximum absolute atomic E-state index is 5.36. The molecule has 0 amide bonds. The van der Waals surface area contributed by atoms with E-state index in [4.69, 9.17) is 5.84 Å². The molecule has 0 aromatic carbocycles. The lowest BCUT2D eigenvalue weighted by molar-refractivity contribution is 0.149. The second-order valence-electron chi connectivity index (χ2n) is 4.45. The van der Waals surface area contributed by atoms with E-state index in [1.807, 2.05) is 13.0 Å². The molecule has 5 nitrogen and oxygen atoms in total. The van der Waals surface area contributed by atoms with Gasteiger partial charge < -0.3 is 5.43 Å². The maximum atomic E-state index is 5.36. The second kappa shape index (κ2) is 4.76. The molecule has 2 rings (SSSR count). The summed E-state index contributed by atoms with van der Waals surface area (Å²) in [5.74, 6) is 6.88. The SMILES string of the molecule is Cc1cc(NN)nc(CN(C)C2CCC2)n1. The minimum absolute atomic E-state index is 0.685. The van der Waals surface area contributed by atoms with Crippen molar-refractivity contribution in [3.63, 3.8) is 0 Å². The Kier molecular flexibility index (Phi) is 3.36. The molecular weight excluding hydrogens is 202 g/mol. The number of aryl methyl sites for hydroxylation is 1. The van der Waals surface area contributed by atoms with E-state index in [0.29, 0.717) is 11.9 Å². The number of hydrogen-bond donors (Lipinski definition) is 2. The van der Waals surface area contributed by atoms with Gasteiger partial charge in [0.1, 0.15) is 11.6 Å². The summed E-state index contributed by atoms with van der Waals surface area (Å²) in [5, 5.41) is 0. The van der Waals surface area contributed by atoms with Gasteiger partial charge in [-0.25, -0.2) is 15.8 Å². The molecule has 1 aliphatic carbocycles. The third kappa shape index (κ3) is 2.48. The molecule has 0 aliphatic heterocycles. The van der Waals surface area contributed by atoms with Gasteiger partial charge in [0.2, 0.25) is 0 Å². The smallest absolute Gasteiger partial charge is 0.145 e. The fourth-order valence-electron chi connectivity index (χ4n) is 1.95. The average Bonchev–Trinajstić information content (AvgIpc) is 2.13. The quantitative estimate of drug-likeness (QED) is 0.587. The zero-order chi connectivity index (χ0) is 11.5. The Morgan fingerprint density at radius 1 is 1.50 bits per heavy atom. The van der Waals surface area contributed by atoms with Crippen molar-refractivity contribution in [3.8, 4) is 0 Å². The molecule has 0 atom stereocenters. The largest absolute Gasteiger partial charge is 0.308 e. The van der Waals surface area contributed by atoms with Gasteiger partial charge in [-0.05, 0) is 26.8 Å². The minimum atomic E-state index is 0.685. The molecule has 0 unspecified atom stereocenters. The van der Waals surface area contributed by atoms with Crippen molar-refractivity contribution in [2.45, 2.75) is 38.8 Å². The van der Waals surface area contributed by atoms with Crippen LogP contribution in [0.4, 0.5) is 5.82 Å². The number of rotatable bonds is 4. The summed E-state index contributed by atoms with van der Waals surface area (Å²) in [6.07, 6.45) is 3.94. The fourth-order valence-corrected chi connectivity index (χ4v) is 1.95. The zero-order valence-corrected chi connectivity index (χ0v) is 9.90. The molecule has 1 aliphatic rings. The van der Waals surface area contributed by atoms with Crippen molar-refractivity contribution in [3.05, 3.63) is 17.6 Å². The van der Waals surface area contributed by atoms with Gasteiger partial charge in [0, 0.05) is 17.8 Å². The molecule has 1 aromatic heterocycles. The molecule has 0 bridgehead atoms. The van der Waals surface area contributed by atoms with E-state index in [-0.39, 0.29) is 0 Å². The predicted molar refractivity (Wildman–Crippen MR) is 63.7 cm³/mol. The normalized spacial score (nSPS) is 16.2. The highest BCUT2D eigenvalue weighted by atomic mass is 15.3. The van der Waals surface area contributed by atoms with Crippen LogP contribution in [0.5, 0.6) is 0 Å². The van der Waals surface area contributed by atoms with E-state index >= 15 is 0 Å². The van der Waals surface area contributed by atoms with Gasteiger partial charge in [-0.1, -0.05) is 6.42 Å². The molecule has 1 aromatic rings. The van der Waals surface area contributed by atoms with Crippen LogP contribution in [-0.2, 0) is 6.54 Å². The first-order chi connectivity index (χ1) is 7.69. The monoisotopic (exact) mass is 221 g/mol. The van der Waals surface area contributed by atoms with Crippen molar-refractivity contribution in [1.29, 1.82) is 0 Å². The lowest BCUT2D eigenvalue weighted by atomic mass is 9.92. The summed E-state index contributed by atoms with van der Waals surface area (Å²) in [6, 6.07) is 2.55. The Morgan fingerprint density at radius 3 is 2.81 bits per heavy atom. The van der Waals surface area contributed by atoms with Crippen LogP contribution in [0.2, 0.25) is 0 Å². The molecule has 0 spiro atoms. The first-order valence-corrected chi connectivity index (χ1v) is 5.70. The highest BCUT2D eigenvalue weighted by Gasteiger charge is 2.22. The lowest BCUT2D eigenvalue weighted by Gasteiger charge is -2.34. The molecule has 0 saturated heterocycles. The van der Waals surface area contributed by atoms with Crippen LogP contribution in [0.25, 0.3) is 0 Å². The molecule has 1 fully saturated rings. The summed E-state index contributed by atoms with van der Waals surface area (Å²) in [5.41, 5.74) is 3.51. The van der Waals surface area contributed by atoms with E-state index in [2.05, 4.69) is 27.3 Å². The van der Waals surface area contributed by atoms with E-state index in [1.54, 1.807) is 0 Å². The molecule has 0 radical (unpaired) electrons. The van der Waals surface area contributed by atoms with E-state index in [9.17, 15) is 0 Å². The van der Waals surface area contributed by atoms with Gasteiger partial charge in [-0.3, -0.25) is 4.90 Å². The molecular formula is C11H19N5. The number of anilines is 1. The Hall–Kier alpha value is -1.20. The van der Waals surface area contributed by atoms with Gasteiger partial charge in [-0.2, -0.15) is 0 Å². The van der Waals surface area contributed by atoms with E-state index in [1.165, 1.54) is 19.3 Å². The lowest BCUT2D eigenvalue weighted by Crippen LogP contribution is -2.37. The molecule has 16 heavy (non-hydrogen) atoms. The summed E-state index contributed by atoms with van der Waals surface area (Å²) in [6.45, 7) is 2.75. The van der Waals surface area contributed by atoms with Crippen molar-refractivity contribution in [2.75, 3.05) is 12.5 Å². The number of hydrogen-bond acceptors (Lipinski definition) is 5. The second-order valence-corrected chi connectivity index (χ2v) is 4.45. The van der Waals surface area contributed by atoms with Crippen LogP contribution in [0.3, 0.4) is 0 Å². The first kappa shape index (κ1) is 11.3. The van der Waals surface area contributed by atoms with Crippen molar-refractivity contribution >= 4 is 5.82 Å². The van der Waals surface area contributed by atoms with Crippen LogP contribution in [0, 0.1) is 6.92 Å². The number of hydrazine groups is 1. The number of nitrogens with zero attached hydrogens (tertiary/aromatic N) is 3. The third-order valence-corrected chi connectivity index (χ3v) is 3.14. The van der Waals surface area contributed by atoms with Gasteiger partial charge in [0.25, 0.3) is 0 Å². The zero-order valence-electron chi connectivity index (χ0n) is 9.90. The maximum Gasteiger partial charge on any atom is 0.145 e. The molecule has 5 heteroatoms. The molecule has 3 N–H and O–H groups in total. The highest BCUT2D eigenvalue weighted by molar-refractivity contribution is 5.33. The van der Waals surface area contributed by atoms with Gasteiger partial charge in [-0.15, -0.1) is 0 Å². The van der Waals surface area contributed by atoms with Crippen molar-refractivity contribution < 1.29 is 0 Å². The topological polar surface area (TPSA) is 67.1 Å². The first-order valence-electron chi connectivity index (χ1n) is 5.70. The Balaban J connectivity index is 2.04. The third-order valence-electron chi connectivity index (χ3n) is 3.14. The Bertz CT molecular complexity index is 361. The number of nitrogens with two attached hydrogens (primary N) is 1. The van der Waals surface area contributed by atoms with E-state index < -0.39 is 0 Å². The summed E-state index contributed by atoms with van der Waals surface area (Å²) < 4.78 is 0.